The Morgan fingerprint density at radius 3 is 2.54 bits per heavy atom. The lowest BCUT2D eigenvalue weighted by Crippen LogP contribution is -2.29. The molecule has 2 amide bonds. The quantitative estimate of drug-likeness (QED) is 0.247. The summed E-state index contributed by atoms with van der Waals surface area (Å²) in [5.41, 5.74) is 1.86. The number of rotatable bonds is 10. The predicted molar refractivity (Wildman–Crippen MR) is 131 cm³/mol. The number of aromatic nitrogens is 3. The highest BCUT2D eigenvalue weighted by atomic mass is 32.2. The number of carbonyl (C=O) groups is 2. The predicted octanol–water partition coefficient (Wildman–Crippen LogP) is 3.19. The van der Waals surface area contributed by atoms with Gasteiger partial charge in [0.25, 0.3) is 5.69 Å². The average Bonchev–Trinajstić information content (AvgIpc) is 3.19. The summed E-state index contributed by atoms with van der Waals surface area (Å²) in [6.07, 6.45) is 0.213. The van der Waals surface area contributed by atoms with E-state index in [-0.39, 0.29) is 29.7 Å². The van der Waals surface area contributed by atoms with Crippen molar-refractivity contribution in [3.05, 3.63) is 69.5 Å². The van der Waals surface area contributed by atoms with Gasteiger partial charge < -0.3 is 19.9 Å². The first kappa shape index (κ1) is 25.7. The van der Waals surface area contributed by atoms with Crippen LogP contribution in [0.3, 0.4) is 0 Å². The van der Waals surface area contributed by atoms with Crippen molar-refractivity contribution < 1.29 is 19.2 Å². The van der Waals surface area contributed by atoms with Crippen LogP contribution in [0.4, 0.5) is 11.4 Å². The average molecular weight is 499 g/mol. The molecule has 0 aliphatic carbocycles. The highest BCUT2D eigenvalue weighted by Crippen LogP contribution is 2.23. The molecule has 0 fully saturated rings. The number of anilines is 1. The SMILES string of the molecule is COc1ccc(CC(=O)N[C@H](C)c2nnc(SCC(=O)Nc3cc([N+](=O)[O-])ccc3C)n2C)cc1. The zero-order valence-corrected chi connectivity index (χ0v) is 20.6. The third-order valence-electron chi connectivity index (χ3n) is 5.20. The van der Waals surface area contributed by atoms with E-state index < -0.39 is 11.0 Å². The molecular formula is C23H26N6O5S. The number of aryl methyl sites for hydroxylation is 1. The van der Waals surface area contributed by atoms with Gasteiger partial charge in [-0.15, -0.1) is 10.2 Å². The van der Waals surface area contributed by atoms with Crippen LogP contribution in [0.1, 0.15) is 29.9 Å². The molecule has 12 heteroatoms. The number of nitrogens with one attached hydrogen (secondary N) is 2. The zero-order valence-electron chi connectivity index (χ0n) is 19.8. The Morgan fingerprint density at radius 2 is 1.89 bits per heavy atom. The van der Waals surface area contributed by atoms with Gasteiger partial charge in [-0.1, -0.05) is 30.0 Å². The van der Waals surface area contributed by atoms with Crippen LogP contribution in [0, 0.1) is 17.0 Å². The van der Waals surface area contributed by atoms with Crippen molar-refractivity contribution in [1.82, 2.24) is 20.1 Å². The Bertz CT molecular complexity index is 1230. The number of nitro groups is 1. The molecule has 0 aliphatic rings. The van der Waals surface area contributed by atoms with Crippen LogP contribution in [0.2, 0.25) is 0 Å². The number of amides is 2. The Kier molecular flexibility index (Phi) is 8.42. The van der Waals surface area contributed by atoms with E-state index in [0.717, 1.165) is 11.3 Å². The zero-order chi connectivity index (χ0) is 25.5. The van der Waals surface area contributed by atoms with E-state index in [1.165, 1.54) is 23.9 Å². The van der Waals surface area contributed by atoms with E-state index in [9.17, 15) is 19.7 Å². The highest BCUT2D eigenvalue weighted by Gasteiger charge is 2.19. The van der Waals surface area contributed by atoms with E-state index in [1.54, 1.807) is 43.8 Å². The lowest BCUT2D eigenvalue weighted by molar-refractivity contribution is -0.384. The van der Waals surface area contributed by atoms with Gasteiger partial charge in [-0.3, -0.25) is 19.7 Å². The second-order valence-electron chi connectivity index (χ2n) is 7.81. The molecular weight excluding hydrogens is 472 g/mol. The summed E-state index contributed by atoms with van der Waals surface area (Å²) < 4.78 is 6.84. The van der Waals surface area contributed by atoms with Gasteiger partial charge >= 0.3 is 0 Å². The van der Waals surface area contributed by atoms with Crippen molar-refractivity contribution >= 4 is 35.0 Å². The molecule has 0 spiro atoms. The second kappa shape index (κ2) is 11.5. The first-order valence-electron chi connectivity index (χ1n) is 10.7. The van der Waals surface area contributed by atoms with Gasteiger partial charge in [0.1, 0.15) is 5.75 Å². The molecule has 0 saturated carbocycles. The van der Waals surface area contributed by atoms with Crippen molar-refractivity contribution in [2.45, 2.75) is 31.5 Å². The number of nitrogens with zero attached hydrogens (tertiary/aromatic N) is 4. The minimum absolute atomic E-state index is 0.0340. The van der Waals surface area contributed by atoms with Gasteiger partial charge in [-0.25, -0.2) is 0 Å². The fraction of sp³-hybridized carbons (Fsp3) is 0.304. The molecule has 35 heavy (non-hydrogen) atoms. The van der Waals surface area contributed by atoms with Crippen LogP contribution >= 0.6 is 11.8 Å². The summed E-state index contributed by atoms with van der Waals surface area (Å²) in [4.78, 5) is 35.3. The number of hydrogen-bond acceptors (Lipinski definition) is 8. The molecule has 1 atom stereocenters. The summed E-state index contributed by atoms with van der Waals surface area (Å²) in [6, 6.07) is 11.2. The molecule has 1 heterocycles. The molecule has 2 aromatic carbocycles. The Balaban J connectivity index is 1.55. The van der Waals surface area contributed by atoms with Gasteiger partial charge in [-0.2, -0.15) is 0 Å². The van der Waals surface area contributed by atoms with Crippen LogP contribution in [0.25, 0.3) is 0 Å². The highest BCUT2D eigenvalue weighted by molar-refractivity contribution is 7.99. The first-order valence-corrected chi connectivity index (χ1v) is 11.7. The lowest BCUT2D eigenvalue weighted by atomic mass is 10.1. The minimum atomic E-state index is -0.512. The third-order valence-corrected chi connectivity index (χ3v) is 6.22. The van der Waals surface area contributed by atoms with Gasteiger partial charge in [0.2, 0.25) is 11.8 Å². The van der Waals surface area contributed by atoms with Crippen molar-refractivity contribution in [2.24, 2.45) is 7.05 Å². The fourth-order valence-electron chi connectivity index (χ4n) is 3.29. The monoisotopic (exact) mass is 498 g/mol. The molecule has 0 radical (unpaired) electrons. The maximum absolute atomic E-state index is 12.5. The van der Waals surface area contributed by atoms with Gasteiger partial charge in [0, 0.05) is 19.2 Å². The third kappa shape index (κ3) is 6.79. The van der Waals surface area contributed by atoms with Crippen LogP contribution in [-0.2, 0) is 23.1 Å². The molecule has 11 nitrogen and oxygen atoms in total. The van der Waals surface area contributed by atoms with E-state index in [4.69, 9.17) is 4.74 Å². The van der Waals surface area contributed by atoms with Crippen LogP contribution in [0.5, 0.6) is 5.75 Å². The van der Waals surface area contributed by atoms with Gasteiger partial charge in [0.05, 0.1) is 35.9 Å². The molecule has 2 N–H and O–H groups in total. The number of thioether (sulfide) groups is 1. The largest absolute Gasteiger partial charge is 0.497 e. The molecule has 3 aromatic rings. The van der Waals surface area contributed by atoms with Gasteiger partial charge in [-0.05, 0) is 37.1 Å². The Labute approximate surface area is 206 Å². The van der Waals surface area contributed by atoms with E-state index in [2.05, 4.69) is 20.8 Å². The van der Waals surface area contributed by atoms with Crippen molar-refractivity contribution in [1.29, 1.82) is 0 Å². The van der Waals surface area contributed by atoms with Crippen molar-refractivity contribution in [3.8, 4) is 5.75 Å². The maximum Gasteiger partial charge on any atom is 0.271 e. The lowest BCUT2D eigenvalue weighted by Gasteiger charge is -2.14. The molecule has 0 aliphatic heterocycles. The van der Waals surface area contributed by atoms with Crippen LogP contribution < -0.4 is 15.4 Å². The fourth-order valence-corrected chi connectivity index (χ4v) is 4.01. The van der Waals surface area contributed by atoms with Crippen LogP contribution in [-0.4, -0.2) is 44.4 Å². The molecule has 0 saturated heterocycles. The first-order chi connectivity index (χ1) is 16.7. The molecule has 3 rings (SSSR count). The second-order valence-corrected chi connectivity index (χ2v) is 8.75. The Hall–Kier alpha value is -3.93. The van der Waals surface area contributed by atoms with E-state index in [1.807, 2.05) is 19.1 Å². The molecule has 1 aromatic heterocycles. The standard InChI is InChI=1S/C23H26N6O5S/c1-14-5-8-17(29(32)33)12-19(14)25-21(31)13-35-23-27-26-22(28(23)3)15(2)24-20(30)11-16-6-9-18(34-4)10-7-16/h5-10,12,15H,11,13H2,1-4H3,(H,24,30)(H,25,31)/t15-/m1/s1. The number of benzene rings is 2. The molecule has 0 unspecified atom stereocenters. The number of nitro benzene ring substituents is 1. The summed E-state index contributed by atoms with van der Waals surface area (Å²) in [5, 5.41) is 25.4. The smallest absolute Gasteiger partial charge is 0.271 e. The normalized spacial score (nSPS) is 11.5. The summed E-state index contributed by atoms with van der Waals surface area (Å²) in [6.45, 7) is 3.56. The maximum atomic E-state index is 12.5. The van der Waals surface area contributed by atoms with Crippen molar-refractivity contribution in [3.63, 3.8) is 0 Å². The number of ether oxygens (including phenoxy) is 1. The summed E-state index contributed by atoms with van der Waals surface area (Å²) in [7, 11) is 3.34. The number of non-ortho nitro benzene ring substituents is 1. The Morgan fingerprint density at radius 1 is 1.17 bits per heavy atom. The summed E-state index contributed by atoms with van der Waals surface area (Å²) in [5.74, 6) is 0.813. The number of methoxy groups -OCH3 is 1. The van der Waals surface area contributed by atoms with Crippen LogP contribution in [0.15, 0.2) is 47.6 Å². The summed E-state index contributed by atoms with van der Waals surface area (Å²) >= 11 is 1.17. The molecule has 0 bridgehead atoms. The van der Waals surface area contributed by atoms with Crippen molar-refractivity contribution in [2.75, 3.05) is 18.2 Å². The minimum Gasteiger partial charge on any atom is -0.497 e. The van der Waals surface area contributed by atoms with Gasteiger partial charge in [0.15, 0.2) is 11.0 Å². The number of hydrogen-bond donors (Lipinski definition) is 2. The topological polar surface area (TPSA) is 141 Å². The van der Waals surface area contributed by atoms with E-state index in [0.29, 0.717) is 22.2 Å². The molecule has 184 valence electrons. The van der Waals surface area contributed by atoms with E-state index >= 15 is 0 Å². The number of carbonyl (C=O) groups excluding carboxylic acids is 2.